The fourth-order valence-corrected chi connectivity index (χ4v) is 0.218. The number of hydrogen-bond donors (Lipinski definition) is 1. The summed E-state index contributed by atoms with van der Waals surface area (Å²) in [5.41, 5.74) is 1.19. The largest absolute Gasteiger partial charge is 0.276 e. The van der Waals surface area contributed by atoms with E-state index in [1.807, 2.05) is 0 Å². The molecule has 0 aromatic rings. The first-order valence-corrected chi connectivity index (χ1v) is 2.58. The number of halogens is 1. The molecule has 0 unspecified atom stereocenters. The summed E-state index contributed by atoms with van der Waals surface area (Å²) in [5, 5.41) is 0. The van der Waals surface area contributed by atoms with Crippen LogP contribution in [0.5, 0.6) is 0 Å². The quantitative estimate of drug-likeness (QED) is 0.317. The molecule has 0 aliphatic rings. The highest BCUT2D eigenvalue weighted by Crippen LogP contribution is 1.77. The van der Waals surface area contributed by atoms with E-state index in [1.54, 1.807) is 0 Å². The Morgan fingerprint density at radius 3 is 2.12 bits per heavy atom. The second-order valence-corrected chi connectivity index (χ2v) is 1.60. The van der Waals surface area contributed by atoms with E-state index in [-0.39, 0.29) is 6.41 Å². The van der Waals surface area contributed by atoms with E-state index in [0.29, 0.717) is 0 Å². The molecule has 7 heteroatoms. The number of carbonyl (C=O) groups excluding carboxylic acids is 1. The fourth-order valence-electron chi connectivity index (χ4n) is 0.0727. The van der Waals surface area contributed by atoms with E-state index in [2.05, 4.69) is 4.39 Å². The molecule has 0 saturated heterocycles. The SMILES string of the molecule is O=CNO[Cl+3]([O-])([O-])[O-]. The highest BCUT2D eigenvalue weighted by molar-refractivity contribution is 5.43. The number of amides is 1. The van der Waals surface area contributed by atoms with Gasteiger partial charge in [0.05, 0.1) is 0 Å². The summed E-state index contributed by atoms with van der Waals surface area (Å²) in [6, 6.07) is 0. The van der Waals surface area contributed by atoms with Crippen LogP contribution in [0.15, 0.2) is 0 Å². The predicted molar refractivity (Wildman–Crippen MR) is 10.3 cm³/mol. The van der Waals surface area contributed by atoms with Crippen molar-refractivity contribution in [3.8, 4) is 0 Å². The van der Waals surface area contributed by atoms with E-state index < -0.39 is 10.2 Å². The van der Waals surface area contributed by atoms with Gasteiger partial charge in [0, 0.05) is 0 Å². The molecule has 1 amide bonds. The monoisotopic (exact) mass is 143 g/mol. The third kappa shape index (κ3) is 5.60. The van der Waals surface area contributed by atoms with Gasteiger partial charge < -0.3 is 0 Å². The molecule has 0 atom stereocenters. The number of hydroxylamine groups is 1. The summed E-state index contributed by atoms with van der Waals surface area (Å²) < 4.78 is 31.2. The highest BCUT2D eigenvalue weighted by atomic mass is 35.7. The van der Waals surface area contributed by atoms with Crippen LogP contribution in [-0.4, -0.2) is 6.41 Å². The maximum atomic E-state index is 9.36. The predicted octanol–water partition coefficient (Wildman–Crippen LogP) is -4.44. The third-order valence-corrected chi connectivity index (χ3v) is 0.465. The Hall–Kier alpha value is -0.400. The minimum atomic E-state index is -4.53. The summed E-state index contributed by atoms with van der Waals surface area (Å²) in [5.74, 6) is 0. The lowest BCUT2D eigenvalue weighted by Gasteiger charge is -2.08. The lowest BCUT2D eigenvalue weighted by Crippen LogP contribution is -2.62. The minimum absolute atomic E-state index is 0.0809. The van der Waals surface area contributed by atoms with Crippen LogP contribution in [0.3, 0.4) is 0 Å². The molecule has 0 heterocycles. The van der Waals surface area contributed by atoms with Crippen LogP contribution >= 0.6 is 0 Å². The average Bonchev–Trinajstić information content (AvgIpc) is 1.59. The van der Waals surface area contributed by atoms with Crippen LogP contribution in [0.25, 0.3) is 0 Å². The molecule has 0 radical (unpaired) electrons. The second kappa shape index (κ2) is 2.80. The van der Waals surface area contributed by atoms with Crippen molar-refractivity contribution in [3.63, 3.8) is 0 Å². The van der Waals surface area contributed by atoms with Crippen LogP contribution in [-0.2, 0) is 9.18 Å². The van der Waals surface area contributed by atoms with Gasteiger partial charge in [-0.2, -0.15) is 14.0 Å². The van der Waals surface area contributed by atoms with Crippen molar-refractivity contribution in [1.29, 1.82) is 0 Å². The molecule has 8 heavy (non-hydrogen) atoms. The number of hydrogen-bond acceptors (Lipinski definition) is 5. The van der Waals surface area contributed by atoms with Gasteiger partial charge in [-0.1, -0.05) is 5.48 Å². The smallest absolute Gasteiger partial charge is 0.244 e. The van der Waals surface area contributed by atoms with Crippen molar-refractivity contribution in [2.24, 2.45) is 0 Å². The zero-order valence-electron chi connectivity index (χ0n) is 3.50. The van der Waals surface area contributed by atoms with Crippen molar-refractivity contribution in [2.45, 2.75) is 0 Å². The average molecular weight is 143 g/mol. The van der Waals surface area contributed by atoms with Gasteiger partial charge in [0.15, 0.2) is 0 Å². The van der Waals surface area contributed by atoms with Crippen molar-refractivity contribution >= 4 is 6.41 Å². The lowest BCUT2D eigenvalue weighted by molar-refractivity contribution is -1.92. The fraction of sp³-hybridized carbons (Fsp3) is 0. The molecule has 0 spiro atoms. The molecule has 1 N–H and O–H groups in total. The molecule has 0 aliphatic heterocycles. The lowest BCUT2D eigenvalue weighted by atomic mass is 11.5. The van der Waals surface area contributed by atoms with Gasteiger partial charge in [-0.05, 0) is 0 Å². The van der Waals surface area contributed by atoms with Crippen molar-refractivity contribution in [1.82, 2.24) is 5.48 Å². The van der Waals surface area contributed by atoms with E-state index in [0.717, 1.165) is 0 Å². The Balaban J connectivity index is 3.24. The maximum Gasteiger partial charge on any atom is 0.244 e. The Kier molecular flexibility index (Phi) is 2.66. The molecule has 0 bridgehead atoms. The first-order chi connectivity index (χ1) is 3.56. The van der Waals surface area contributed by atoms with E-state index in [1.165, 1.54) is 5.48 Å². The molecule has 0 fully saturated rings. The number of carbonyl (C=O) groups is 1. The first-order valence-electron chi connectivity index (χ1n) is 1.35. The summed E-state index contributed by atoms with van der Waals surface area (Å²) >= 11 is 0. The number of rotatable bonds is 3. The normalized spacial score (nSPS) is 10.9. The summed E-state index contributed by atoms with van der Waals surface area (Å²) in [6.45, 7) is 0. The van der Waals surface area contributed by atoms with Gasteiger partial charge in [0.2, 0.25) is 10.8 Å². The topological polar surface area (TPSA) is 108 Å². The van der Waals surface area contributed by atoms with Gasteiger partial charge in [-0.3, -0.25) is 4.79 Å². The van der Waals surface area contributed by atoms with Crippen molar-refractivity contribution in [2.75, 3.05) is 0 Å². The highest BCUT2D eigenvalue weighted by Gasteiger charge is 2.15. The molecule has 48 valence electrons. The summed E-state index contributed by atoms with van der Waals surface area (Å²) in [7, 11) is -4.53. The van der Waals surface area contributed by atoms with Crippen molar-refractivity contribution in [3.05, 3.63) is 0 Å². The zero-order valence-corrected chi connectivity index (χ0v) is 4.25. The van der Waals surface area contributed by atoms with Crippen LogP contribution in [0, 0.1) is 10.2 Å². The van der Waals surface area contributed by atoms with Crippen LogP contribution in [0.4, 0.5) is 0 Å². The van der Waals surface area contributed by atoms with Gasteiger partial charge in [-0.15, -0.1) is 0 Å². The zero-order chi connectivity index (χ0) is 6.62. The molecular weight excluding hydrogens is 141 g/mol. The summed E-state index contributed by atoms with van der Waals surface area (Å²) in [6.07, 6.45) is -0.0809. The van der Waals surface area contributed by atoms with E-state index in [9.17, 15) is 18.8 Å². The second-order valence-electron chi connectivity index (χ2n) is 0.691. The number of nitrogens with one attached hydrogen (secondary N) is 1. The maximum absolute atomic E-state index is 9.36. The Morgan fingerprint density at radius 2 is 2.00 bits per heavy atom. The van der Waals surface area contributed by atoms with Gasteiger partial charge in [-0.25, -0.2) is 0 Å². The Labute approximate surface area is 46.4 Å². The van der Waals surface area contributed by atoms with Crippen LogP contribution < -0.4 is 19.5 Å². The first kappa shape index (κ1) is 7.60. The van der Waals surface area contributed by atoms with Gasteiger partial charge in [0.1, 0.15) is 10.2 Å². The minimum Gasteiger partial charge on any atom is -0.276 e. The van der Waals surface area contributed by atoms with Crippen molar-refractivity contribution < 1.29 is 33.4 Å². The third-order valence-electron chi connectivity index (χ3n) is 0.187. The Bertz CT molecular complexity index is 77.0. The molecule has 0 aromatic heterocycles. The molecule has 0 aromatic carbocycles. The molecule has 6 nitrogen and oxygen atoms in total. The molecule has 0 aliphatic carbocycles. The summed E-state index contributed by atoms with van der Waals surface area (Å²) in [4.78, 5) is 9.21. The molecule has 0 rings (SSSR count). The van der Waals surface area contributed by atoms with Gasteiger partial charge >= 0.3 is 0 Å². The Morgan fingerprint density at radius 1 is 1.50 bits per heavy atom. The van der Waals surface area contributed by atoms with Crippen LogP contribution in [0.2, 0.25) is 0 Å². The van der Waals surface area contributed by atoms with Gasteiger partial charge in [0.25, 0.3) is 0 Å². The molecular formula is CH2ClNO5. The molecule has 0 saturated carbocycles. The van der Waals surface area contributed by atoms with Crippen LogP contribution in [0.1, 0.15) is 0 Å². The van der Waals surface area contributed by atoms with E-state index >= 15 is 0 Å². The standard InChI is InChI=1S/CH2ClNO5/c4-1-3-8-2(5,6)7/h1H,(H,3,4). The van der Waals surface area contributed by atoms with E-state index in [4.69, 9.17) is 0 Å².